The quantitative estimate of drug-likeness (QED) is 0.214. The van der Waals surface area contributed by atoms with Crippen LogP contribution in [0.15, 0.2) is 88.1 Å². The first kappa shape index (κ1) is 23.9. The van der Waals surface area contributed by atoms with Gasteiger partial charge in [-0.2, -0.15) is 0 Å². The number of nitrogens with zero attached hydrogens (tertiary/aromatic N) is 3. The van der Waals surface area contributed by atoms with Crippen molar-refractivity contribution < 1.29 is 9.18 Å². The number of benzene rings is 3. The summed E-state index contributed by atoms with van der Waals surface area (Å²) in [4.78, 5) is 35.2. The second-order valence-electron chi connectivity index (χ2n) is 7.95. The number of rotatable bonds is 7. The first-order valence-electron chi connectivity index (χ1n) is 11.3. The number of hydrogen-bond donors (Lipinski definition) is 1. The van der Waals surface area contributed by atoms with Gasteiger partial charge in [0.2, 0.25) is 5.91 Å². The molecule has 5 aromatic rings. The van der Waals surface area contributed by atoms with Crippen molar-refractivity contribution in [1.82, 2.24) is 14.5 Å². The van der Waals surface area contributed by atoms with Crippen LogP contribution in [0.25, 0.3) is 27.8 Å². The Balaban J connectivity index is 1.37. The minimum Gasteiger partial charge on any atom is -0.301 e. The van der Waals surface area contributed by atoms with Crippen LogP contribution in [-0.4, -0.2) is 26.2 Å². The van der Waals surface area contributed by atoms with Gasteiger partial charge >= 0.3 is 0 Å². The highest BCUT2D eigenvalue weighted by Crippen LogP contribution is 2.26. The van der Waals surface area contributed by atoms with Gasteiger partial charge in [-0.25, -0.2) is 14.4 Å². The first-order valence-corrected chi connectivity index (χ1v) is 13.1. The maximum absolute atomic E-state index is 13.4. The fourth-order valence-corrected chi connectivity index (χ4v) is 5.24. The largest absolute Gasteiger partial charge is 0.301 e. The molecule has 0 saturated heterocycles. The number of fused-ring (bicyclic) bond motifs is 1. The molecule has 0 radical (unpaired) electrons. The Morgan fingerprint density at radius 2 is 1.78 bits per heavy atom. The minimum absolute atomic E-state index is 0.0449. The van der Waals surface area contributed by atoms with Crippen LogP contribution in [0.3, 0.4) is 0 Å². The fourth-order valence-electron chi connectivity index (χ4n) is 3.69. The van der Waals surface area contributed by atoms with E-state index in [1.165, 1.54) is 35.2 Å². The number of aryl methyl sites for hydroxylation is 1. The molecule has 9 heteroatoms. The first-order chi connectivity index (χ1) is 17.5. The average Bonchev–Trinajstić information content (AvgIpc) is 3.36. The van der Waals surface area contributed by atoms with E-state index in [1.54, 1.807) is 34.2 Å². The Labute approximate surface area is 214 Å². The van der Waals surface area contributed by atoms with Crippen LogP contribution in [-0.2, 0) is 11.2 Å². The van der Waals surface area contributed by atoms with Crippen molar-refractivity contribution in [3.63, 3.8) is 0 Å². The molecule has 0 fully saturated rings. The molecule has 3 aromatic carbocycles. The summed E-state index contributed by atoms with van der Waals surface area (Å²) in [6.07, 6.45) is 0.895. The van der Waals surface area contributed by atoms with Gasteiger partial charge in [0.25, 0.3) is 5.56 Å². The number of amides is 1. The highest BCUT2D eigenvalue weighted by atomic mass is 32.2. The molecule has 2 heterocycles. The number of carbonyl (C=O) groups is 1. The average molecular weight is 517 g/mol. The summed E-state index contributed by atoms with van der Waals surface area (Å²) in [5, 5.41) is 6.00. The van der Waals surface area contributed by atoms with Gasteiger partial charge in [-0.15, -0.1) is 11.3 Å². The number of halogens is 1. The zero-order chi connectivity index (χ0) is 25.1. The van der Waals surface area contributed by atoms with Crippen LogP contribution in [0.2, 0.25) is 0 Å². The molecule has 6 nitrogen and oxygen atoms in total. The molecule has 0 aliphatic rings. The number of para-hydroxylation sites is 1. The number of carbonyl (C=O) groups excluding carboxylic acids is 1. The van der Waals surface area contributed by atoms with E-state index in [9.17, 15) is 14.0 Å². The topological polar surface area (TPSA) is 76.9 Å². The fraction of sp³-hybridized carbons (Fsp3) is 0.111. The Morgan fingerprint density at radius 3 is 2.53 bits per heavy atom. The maximum Gasteiger partial charge on any atom is 0.266 e. The summed E-state index contributed by atoms with van der Waals surface area (Å²) in [7, 11) is 0. The van der Waals surface area contributed by atoms with Gasteiger partial charge < -0.3 is 5.32 Å². The third-order valence-corrected chi connectivity index (χ3v) is 7.27. The predicted molar refractivity (Wildman–Crippen MR) is 144 cm³/mol. The van der Waals surface area contributed by atoms with Crippen LogP contribution < -0.4 is 10.9 Å². The predicted octanol–water partition coefficient (Wildman–Crippen LogP) is 5.94. The third-order valence-electron chi connectivity index (χ3n) is 5.57. The van der Waals surface area contributed by atoms with Crippen LogP contribution in [0.1, 0.15) is 12.5 Å². The second kappa shape index (κ2) is 10.4. The van der Waals surface area contributed by atoms with E-state index in [2.05, 4.69) is 22.2 Å². The number of hydrogen-bond acceptors (Lipinski definition) is 6. The Bertz CT molecular complexity index is 1600. The molecular formula is C27H21FN4O2S2. The molecule has 0 saturated carbocycles. The summed E-state index contributed by atoms with van der Waals surface area (Å²) in [5.74, 6) is -0.541. The molecule has 36 heavy (non-hydrogen) atoms. The molecule has 180 valence electrons. The van der Waals surface area contributed by atoms with E-state index >= 15 is 0 Å². The van der Waals surface area contributed by atoms with E-state index in [-0.39, 0.29) is 23.0 Å². The second-order valence-corrected chi connectivity index (χ2v) is 9.75. The maximum atomic E-state index is 13.4. The lowest BCUT2D eigenvalue weighted by Crippen LogP contribution is -2.23. The lowest BCUT2D eigenvalue weighted by molar-refractivity contribution is -0.113. The lowest BCUT2D eigenvalue weighted by atomic mass is 10.1. The molecule has 0 bridgehead atoms. The van der Waals surface area contributed by atoms with E-state index < -0.39 is 0 Å². The summed E-state index contributed by atoms with van der Waals surface area (Å²) in [6.45, 7) is 2.07. The van der Waals surface area contributed by atoms with Gasteiger partial charge in [0.1, 0.15) is 5.82 Å². The molecule has 2 aromatic heterocycles. The van der Waals surface area contributed by atoms with Gasteiger partial charge in [-0.3, -0.25) is 14.2 Å². The lowest BCUT2D eigenvalue weighted by Gasteiger charge is -2.13. The van der Waals surface area contributed by atoms with Crippen molar-refractivity contribution in [2.45, 2.75) is 18.5 Å². The number of aromatic nitrogens is 3. The van der Waals surface area contributed by atoms with Gasteiger partial charge in [0.05, 0.1) is 28.0 Å². The summed E-state index contributed by atoms with van der Waals surface area (Å²) in [5.41, 5.74) is 3.68. The smallest absolute Gasteiger partial charge is 0.266 e. The molecule has 1 amide bonds. The molecule has 5 rings (SSSR count). The number of thioether (sulfide) groups is 1. The summed E-state index contributed by atoms with van der Waals surface area (Å²) in [6, 6.07) is 21.0. The van der Waals surface area contributed by atoms with Crippen molar-refractivity contribution in [1.29, 1.82) is 0 Å². The van der Waals surface area contributed by atoms with Crippen LogP contribution in [0.4, 0.5) is 9.52 Å². The van der Waals surface area contributed by atoms with Crippen molar-refractivity contribution in [3.05, 3.63) is 99.9 Å². The molecule has 0 unspecified atom stereocenters. The molecule has 0 aliphatic heterocycles. The number of anilines is 1. The zero-order valence-corrected chi connectivity index (χ0v) is 20.9. The molecule has 0 spiro atoms. The van der Waals surface area contributed by atoms with Crippen LogP contribution in [0.5, 0.6) is 0 Å². The van der Waals surface area contributed by atoms with Gasteiger partial charge in [-0.1, -0.05) is 43.0 Å². The van der Waals surface area contributed by atoms with E-state index in [4.69, 9.17) is 0 Å². The van der Waals surface area contributed by atoms with Crippen molar-refractivity contribution in [3.8, 4) is 16.9 Å². The summed E-state index contributed by atoms with van der Waals surface area (Å²) < 4.78 is 14.7. The highest BCUT2D eigenvalue weighted by Gasteiger charge is 2.16. The molecule has 0 atom stereocenters. The zero-order valence-electron chi connectivity index (χ0n) is 19.3. The van der Waals surface area contributed by atoms with E-state index in [0.29, 0.717) is 32.6 Å². The molecular weight excluding hydrogens is 495 g/mol. The van der Waals surface area contributed by atoms with Gasteiger partial charge in [0.15, 0.2) is 10.3 Å². The van der Waals surface area contributed by atoms with Crippen molar-refractivity contribution in [2.75, 3.05) is 11.1 Å². The number of nitrogens with one attached hydrogen (secondary N) is 1. The monoisotopic (exact) mass is 516 g/mol. The molecule has 1 N–H and O–H groups in total. The standard InChI is InChI=1S/C27H21FN4O2S2/c1-2-17-7-13-20(14-8-17)32-25(34)21-5-3-4-6-22(21)30-27(32)36-16-24(33)31-26-29-23(15-35-26)18-9-11-19(28)12-10-18/h3-15H,2,16H2,1H3,(H,29,31,33). The Morgan fingerprint density at radius 1 is 1.03 bits per heavy atom. The normalized spacial score (nSPS) is 11.1. The highest BCUT2D eigenvalue weighted by molar-refractivity contribution is 7.99. The Kier molecular flexibility index (Phi) is 6.92. The van der Waals surface area contributed by atoms with E-state index in [1.807, 2.05) is 36.4 Å². The minimum atomic E-state index is -0.318. The molecule has 0 aliphatic carbocycles. The third kappa shape index (κ3) is 5.07. The SMILES string of the molecule is CCc1ccc(-n2c(SCC(=O)Nc3nc(-c4ccc(F)cc4)cs3)nc3ccccc3c2=O)cc1. The number of thiazole rings is 1. The van der Waals surface area contributed by atoms with Gasteiger partial charge in [0, 0.05) is 10.9 Å². The van der Waals surface area contributed by atoms with Gasteiger partial charge in [-0.05, 0) is 60.5 Å². The van der Waals surface area contributed by atoms with Crippen molar-refractivity contribution >= 4 is 45.0 Å². The Hall–Kier alpha value is -3.82. The van der Waals surface area contributed by atoms with E-state index in [0.717, 1.165) is 17.5 Å². The summed E-state index contributed by atoms with van der Waals surface area (Å²) >= 11 is 2.48. The van der Waals surface area contributed by atoms with Crippen molar-refractivity contribution in [2.24, 2.45) is 0 Å². The van der Waals surface area contributed by atoms with Crippen LogP contribution >= 0.6 is 23.1 Å². The van der Waals surface area contributed by atoms with Crippen LogP contribution in [0, 0.1) is 5.82 Å².